The number of hydrogen-bond acceptors (Lipinski definition) is 6. The van der Waals surface area contributed by atoms with E-state index in [9.17, 15) is 8.42 Å². The molecule has 0 bridgehead atoms. The van der Waals surface area contributed by atoms with Gasteiger partial charge in [0.25, 0.3) is 0 Å². The van der Waals surface area contributed by atoms with Crippen LogP contribution in [0.15, 0.2) is 42.6 Å². The Morgan fingerprint density at radius 2 is 1.91 bits per heavy atom. The average Bonchev–Trinajstić information content (AvgIpc) is 3.07. The van der Waals surface area contributed by atoms with E-state index in [-0.39, 0.29) is 11.3 Å². The number of anilines is 1. The van der Waals surface area contributed by atoms with Crippen LogP contribution >= 0.6 is 11.8 Å². The van der Waals surface area contributed by atoms with Gasteiger partial charge in [-0.3, -0.25) is 0 Å². The lowest BCUT2D eigenvalue weighted by molar-refractivity contribution is 0.218. The second-order valence-corrected chi connectivity index (χ2v) is 12.5. The monoisotopic (exact) mass is 473 g/mol. The van der Waals surface area contributed by atoms with Crippen molar-refractivity contribution in [1.29, 1.82) is 0 Å². The Bertz CT molecular complexity index is 1210. The van der Waals surface area contributed by atoms with Gasteiger partial charge in [-0.2, -0.15) is 11.8 Å². The largest absolute Gasteiger partial charge is 0.384 e. The van der Waals surface area contributed by atoms with Crippen molar-refractivity contribution >= 4 is 32.9 Å². The third-order valence-electron chi connectivity index (χ3n) is 6.30. The van der Waals surface area contributed by atoms with E-state index in [0.717, 1.165) is 39.6 Å². The molecule has 6 nitrogen and oxygen atoms in total. The number of rotatable bonds is 7. The van der Waals surface area contributed by atoms with Crippen molar-refractivity contribution in [1.82, 2.24) is 9.38 Å². The number of sulfone groups is 1. The zero-order valence-corrected chi connectivity index (χ0v) is 20.8. The Labute approximate surface area is 194 Å². The van der Waals surface area contributed by atoms with Gasteiger partial charge in [0.05, 0.1) is 34.5 Å². The third kappa shape index (κ3) is 3.93. The average molecular weight is 474 g/mol. The fraction of sp³-hybridized carbons (Fsp3) is 0.458. The second-order valence-electron chi connectivity index (χ2n) is 8.54. The van der Waals surface area contributed by atoms with E-state index in [1.54, 1.807) is 32.7 Å². The van der Waals surface area contributed by atoms with Gasteiger partial charge in [0.2, 0.25) is 0 Å². The molecule has 0 amide bonds. The zero-order chi connectivity index (χ0) is 23.0. The normalized spacial score (nSPS) is 21.0. The molecule has 2 aromatic heterocycles. The van der Waals surface area contributed by atoms with Gasteiger partial charge >= 0.3 is 0 Å². The molecule has 4 rings (SSSR count). The van der Waals surface area contributed by atoms with Crippen molar-refractivity contribution in [3.63, 3.8) is 0 Å². The zero-order valence-electron chi connectivity index (χ0n) is 19.2. The van der Waals surface area contributed by atoms with E-state index in [0.29, 0.717) is 6.61 Å². The predicted octanol–water partition coefficient (Wildman–Crippen LogP) is 4.73. The molecule has 3 unspecified atom stereocenters. The summed E-state index contributed by atoms with van der Waals surface area (Å²) in [6.07, 6.45) is 1.95. The lowest BCUT2D eigenvalue weighted by atomic mass is 9.93. The van der Waals surface area contributed by atoms with Gasteiger partial charge in [-0.15, -0.1) is 0 Å². The van der Waals surface area contributed by atoms with E-state index >= 15 is 0 Å². The summed E-state index contributed by atoms with van der Waals surface area (Å²) >= 11 is 1.66. The fourth-order valence-corrected chi connectivity index (χ4v) is 8.01. The SMILES string of the molecule is COCCSC1C(c2ccccc2)Nc2c(ccn3c(C)c(C)nc23)C1S(=O)(=O)C(C)C. The van der Waals surface area contributed by atoms with Gasteiger partial charge in [-0.25, -0.2) is 13.4 Å². The van der Waals surface area contributed by atoms with Crippen LogP contribution in [-0.4, -0.2) is 47.8 Å². The number of imidazole rings is 1. The standard InChI is InChI=1S/C24H31N3O3S2/c1-15(2)32(28,29)23-19-11-12-27-17(4)16(3)25-24(27)21(19)26-20(18-9-7-6-8-10-18)22(23)31-14-13-30-5/h6-12,15,20,22-23,26H,13-14H2,1-5H3. The summed E-state index contributed by atoms with van der Waals surface area (Å²) in [7, 11) is -1.78. The van der Waals surface area contributed by atoms with Crippen LogP contribution in [0, 0.1) is 13.8 Å². The Hall–Kier alpha value is -2.03. The lowest BCUT2D eigenvalue weighted by Gasteiger charge is -2.41. The Kier molecular flexibility index (Phi) is 6.56. The van der Waals surface area contributed by atoms with Gasteiger partial charge in [0.15, 0.2) is 15.5 Å². The number of nitrogens with one attached hydrogen (secondary N) is 1. The molecule has 1 aromatic carbocycles. The van der Waals surface area contributed by atoms with E-state index in [1.165, 1.54) is 0 Å². The third-order valence-corrected chi connectivity index (χ3v) is 10.4. The topological polar surface area (TPSA) is 72.7 Å². The maximum absolute atomic E-state index is 13.8. The minimum Gasteiger partial charge on any atom is -0.384 e. The first-order valence-corrected chi connectivity index (χ1v) is 13.6. The molecule has 0 saturated carbocycles. The van der Waals surface area contributed by atoms with Crippen LogP contribution in [0.1, 0.15) is 47.7 Å². The van der Waals surface area contributed by atoms with Crippen molar-refractivity contribution in [3.05, 3.63) is 65.1 Å². The molecule has 3 aromatic rings. The fourth-order valence-electron chi connectivity index (χ4n) is 4.37. The van der Waals surface area contributed by atoms with Crippen LogP contribution in [0.2, 0.25) is 0 Å². The molecule has 0 fully saturated rings. The number of hydrogen-bond donors (Lipinski definition) is 1. The smallest absolute Gasteiger partial charge is 0.161 e. The molecule has 1 aliphatic rings. The van der Waals surface area contributed by atoms with Crippen molar-refractivity contribution < 1.29 is 13.2 Å². The molecule has 3 heterocycles. The summed E-state index contributed by atoms with van der Waals surface area (Å²) in [5.41, 5.74) is 5.47. The summed E-state index contributed by atoms with van der Waals surface area (Å²) in [5, 5.41) is 2.37. The first kappa shape index (κ1) is 23.1. The number of ether oxygens (including phenoxy) is 1. The summed E-state index contributed by atoms with van der Waals surface area (Å²) in [5.74, 6) is 0.718. The van der Waals surface area contributed by atoms with Gasteiger partial charge in [-0.1, -0.05) is 30.3 Å². The first-order valence-electron chi connectivity index (χ1n) is 10.9. The molecule has 32 heavy (non-hydrogen) atoms. The number of aryl methyl sites for hydroxylation is 2. The highest BCUT2D eigenvalue weighted by Crippen LogP contribution is 2.50. The highest BCUT2D eigenvalue weighted by molar-refractivity contribution is 8.01. The van der Waals surface area contributed by atoms with E-state index in [1.807, 2.05) is 48.7 Å². The van der Waals surface area contributed by atoms with Crippen LogP contribution in [0.25, 0.3) is 5.65 Å². The minimum absolute atomic E-state index is 0.174. The summed E-state index contributed by atoms with van der Waals surface area (Å²) < 4.78 is 34.9. The molecule has 1 aliphatic heterocycles. The maximum Gasteiger partial charge on any atom is 0.161 e. The number of fused-ring (bicyclic) bond motifs is 3. The van der Waals surface area contributed by atoms with Gasteiger partial charge < -0.3 is 14.5 Å². The summed E-state index contributed by atoms with van der Waals surface area (Å²) in [6.45, 7) is 8.13. The van der Waals surface area contributed by atoms with Crippen LogP contribution < -0.4 is 5.32 Å². The van der Waals surface area contributed by atoms with Crippen molar-refractivity contribution in [3.8, 4) is 0 Å². The molecule has 0 radical (unpaired) electrons. The summed E-state index contributed by atoms with van der Waals surface area (Å²) in [4.78, 5) is 4.79. The molecular formula is C24H31N3O3S2. The lowest BCUT2D eigenvalue weighted by Crippen LogP contribution is -2.40. The number of aromatic nitrogens is 2. The Morgan fingerprint density at radius 1 is 1.19 bits per heavy atom. The number of pyridine rings is 1. The Morgan fingerprint density at radius 3 is 2.56 bits per heavy atom. The Balaban J connectivity index is 1.97. The molecule has 8 heteroatoms. The molecule has 172 valence electrons. The molecule has 0 aliphatic carbocycles. The molecule has 1 N–H and O–H groups in total. The van der Waals surface area contributed by atoms with E-state index in [2.05, 4.69) is 17.4 Å². The van der Waals surface area contributed by atoms with Crippen LogP contribution in [-0.2, 0) is 14.6 Å². The highest BCUT2D eigenvalue weighted by Gasteiger charge is 2.46. The van der Waals surface area contributed by atoms with Crippen LogP contribution in [0.4, 0.5) is 5.69 Å². The van der Waals surface area contributed by atoms with E-state index < -0.39 is 20.3 Å². The second kappa shape index (κ2) is 9.08. The van der Waals surface area contributed by atoms with Crippen molar-refractivity contribution in [2.24, 2.45) is 0 Å². The van der Waals surface area contributed by atoms with Gasteiger partial charge in [-0.05, 0) is 44.9 Å². The van der Waals surface area contributed by atoms with E-state index in [4.69, 9.17) is 9.72 Å². The maximum atomic E-state index is 13.8. The number of methoxy groups -OCH3 is 1. The molecule has 3 atom stereocenters. The minimum atomic E-state index is -3.45. The van der Waals surface area contributed by atoms with Crippen molar-refractivity contribution in [2.45, 2.75) is 49.5 Å². The molecular weight excluding hydrogens is 442 g/mol. The van der Waals surface area contributed by atoms with Crippen LogP contribution in [0.5, 0.6) is 0 Å². The van der Waals surface area contributed by atoms with Crippen molar-refractivity contribution in [2.75, 3.05) is 24.8 Å². The number of benzene rings is 1. The molecule has 0 saturated heterocycles. The van der Waals surface area contributed by atoms with Gasteiger partial charge in [0.1, 0.15) is 5.25 Å². The summed E-state index contributed by atoms with van der Waals surface area (Å²) in [6, 6.07) is 11.9. The predicted molar refractivity (Wildman–Crippen MR) is 132 cm³/mol. The molecule has 0 spiro atoms. The number of nitrogens with zero attached hydrogens (tertiary/aromatic N) is 2. The first-order chi connectivity index (χ1) is 15.3. The van der Waals surface area contributed by atoms with Gasteiger partial charge in [0, 0.05) is 24.8 Å². The highest BCUT2D eigenvalue weighted by atomic mass is 32.2. The number of thioether (sulfide) groups is 1. The van der Waals surface area contributed by atoms with Crippen LogP contribution in [0.3, 0.4) is 0 Å². The quantitative estimate of drug-likeness (QED) is 0.500.